The van der Waals surface area contributed by atoms with Crippen LogP contribution in [0, 0.1) is 16.0 Å². The average molecular weight is 386 g/mol. The zero-order chi connectivity index (χ0) is 20.7. The van der Waals surface area contributed by atoms with Gasteiger partial charge in [-0.2, -0.15) is 0 Å². The maximum absolute atomic E-state index is 12.4. The standard InChI is InChI=1S/C20H22N2O6/c1-13(2)18(20(25)28-12-14-6-4-3-5-7-14)21-11-16-9-8-15(19(23)24)10-17(16)22(26)27/h3-10,13,18,21H,11-12H2,1-2H3,(H,23,24). The van der Waals surface area contributed by atoms with Crippen LogP contribution in [-0.4, -0.2) is 28.0 Å². The van der Waals surface area contributed by atoms with Gasteiger partial charge < -0.3 is 9.84 Å². The molecular weight excluding hydrogens is 364 g/mol. The van der Waals surface area contributed by atoms with Gasteiger partial charge in [-0.3, -0.25) is 20.2 Å². The molecule has 0 fully saturated rings. The van der Waals surface area contributed by atoms with Crippen molar-refractivity contribution in [2.75, 3.05) is 0 Å². The lowest BCUT2D eigenvalue weighted by Crippen LogP contribution is -2.41. The second kappa shape index (κ2) is 9.61. The second-order valence-corrected chi connectivity index (χ2v) is 6.60. The fourth-order valence-corrected chi connectivity index (χ4v) is 2.65. The molecule has 0 saturated heterocycles. The zero-order valence-corrected chi connectivity index (χ0v) is 15.6. The number of hydrogen-bond donors (Lipinski definition) is 2. The van der Waals surface area contributed by atoms with Gasteiger partial charge in [0.05, 0.1) is 10.5 Å². The quantitative estimate of drug-likeness (QED) is 0.386. The number of nitro benzene ring substituents is 1. The number of rotatable bonds is 9. The normalized spacial score (nSPS) is 11.8. The van der Waals surface area contributed by atoms with E-state index in [4.69, 9.17) is 9.84 Å². The summed E-state index contributed by atoms with van der Waals surface area (Å²) in [6.07, 6.45) is 0. The van der Waals surface area contributed by atoms with Crippen molar-refractivity contribution in [3.05, 3.63) is 75.3 Å². The van der Waals surface area contributed by atoms with Crippen LogP contribution in [0.2, 0.25) is 0 Å². The van der Waals surface area contributed by atoms with E-state index in [0.717, 1.165) is 11.6 Å². The first-order valence-electron chi connectivity index (χ1n) is 8.74. The molecule has 0 aliphatic heterocycles. The number of nitrogens with one attached hydrogen (secondary N) is 1. The van der Waals surface area contributed by atoms with E-state index < -0.39 is 22.9 Å². The molecule has 0 aromatic heterocycles. The Morgan fingerprint density at radius 1 is 1.18 bits per heavy atom. The number of carbonyl (C=O) groups is 2. The molecule has 1 unspecified atom stereocenters. The van der Waals surface area contributed by atoms with Crippen LogP contribution < -0.4 is 5.32 Å². The molecule has 0 aliphatic carbocycles. The number of nitro groups is 1. The number of esters is 1. The summed E-state index contributed by atoms with van der Waals surface area (Å²) in [6, 6.07) is 12.3. The van der Waals surface area contributed by atoms with Crippen molar-refractivity contribution in [1.29, 1.82) is 0 Å². The summed E-state index contributed by atoms with van der Waals surface area (Å²) in [4.78, 5) is 34.1. The maximum atomic E-state index is 12.4. The highest BCUT2D eigenvalue weighted by Gasteiger charge is 2.25. The Balaban J connectivity index is 2.07. The first-order valence-corrected chi connectivity index (χ1v) is 8.74. The van der Waals surface area contributed by atoms with Crippen molar-refractivity contribution in [2.45, 2.75) is 33.0 Å². The lowest BCUT2D eigenvalue weighted by Gasteiger charge is -2.21. The Kier molecular flexibility index (Phi) is 7.22. The van der Waals surface area contributed by atoms with E-state index in [1.165, 1.54) is 12.1 Å². The Bertz CT molecular complexity index is 851. The Morgan fingerprint density at radius 2 is 1.86 bits per heavy atom. The van der Waals surface area contributed by atoms with Gasteiger partial charge in [-0.25, -0.2) is 4.79 Å². The molecule has 1 atom stereocenters. The first-order chi connectivity index (χ1) is 13.3. The van der Waals surface area contributed by atoms with Crippen LogP contribution in [0.4, 0.5) is 5.69 Å². The van der Waals surface area contributed by atoms with Crippen molar-refractivity contribution in [3.63, 3.8) is 0 Å². The minimum Gasteiger partial charge on any atom is -0.478 e. The average Bonchev–Trinajstić information content (AvgIpc) is 2.66. The summed E-state index contributed by atoms with van der Waals surface area (Å²) in [5.41, 5.74) is 0.667. The van der Waals surface area contributed by atoms with E-state index in [1.807, 2.05) is 44.2 Å². The van der Waals surface area contributed by atoms with Crippen LogP contribution in [0.5, 0.6) is 0 Å². The summed E-state index contributed by atoms with van der Waals surface area (Å²) in [6.45, 7) is 3.84. The van der Waals surface area contributed by atoms with Crippen molar-refractivity contribution >= 4 is 17.6 Å². The van der Waals surface area contributed by atoms with Gasteiger partial charge in [-0.1, -0.05) is 50.2 Å². The van der Waals surface area contributed by atoms with Crippen LogP contribution >= 0.6 is 0 Å². The number of hydrogen-bond acceptors (Lipinski definition) is 6. The molecule has 2 N–H and O–H groups in total. The number of nitrogens with zero attached hydrogens (tertiary/aromatic N) is 1. The van der Waals surface area contributed by atoms with E-state index in [-0.39, 0.29) is 35.9 Å². The minimum atomic E-state index is -1.24. The molecule has 0 bridgehead atoms. The Hall–Kier alpha value is -3.26. The summed E-state index contributed by atoms with van der Waals surface area (Å²) >= 11 is 0. The van der Waals surface area contributed by atoms with E-state index in [0.29, 0.717) is 0 Å². The molecule has 0 saturated carbocycles. The molecular formula is C20H22N2O6. The predicted octanol–water partition coefficient (Wildman–Crippen LogP) is 3.15. The van der Waals surface area contributed by atoms with E-state index in [1.54, 1.807) is 0 Å². The van der Waals surface area contributed by atoms with Gasteiger partial charge >= 0.3 is 11.9 Å². The molecule has 8 nitrogen and oxygen atoms in total. The van der Waals surface area contributed by atoms with Crippen LogP contribution in [0.25, 0.3) is 0 Å². The van der Waals surface area contributed by atoms with Crippen LogP contribution in [0.15, 0.2) is 48.5 Å². The number of ether oxygens (including phenoxy) is 1. The molecule has 2 rings (SSSR count). The Labute approximate surface area is 162 Å². The zero-order valence-electron chi connectivity index (χ0n) is 15.6. The van der Waals surface area contributed by atoms with Gasteiger partial charge in [0.15, 0.2) is 0 Å². The highest BCUT2D eigenvalue weighted by atomic mass is 16.6. The molecule has 148 valence electrons. The van der Waals surface area contributed by atoms with Crippen molar-refractivity contribution in [1.82, 2.24) is 5.32 Å². The molecule has 2 aromatic carbocycles. The topological polar surface area (TPSA) is 119 Å². The third-order valence-electron chi connectivity index (χ3n) is 4.19. The second-order valence-electron chi connectivity index (χ2n) is 6.60. The van der Waals surface area contributed by atoms with Crippen molar-refractivity contribution in [3.8, 4) is 0 Å². The highest BCUT2D eigenvalue weighted by Crippen LogP contribution is 2.21. The SMILES string of the molecule is CC(C)C(NCc1ccc(C(=O)O)cc1[N+](=O)[O-])C(=O)OCc1ccccc1. The molecule has 0 amide bonds. The summed E-state index contributed by atoms with van der Waals surface area (Å²) in [7, 11) is 0. The Morgan fingerprint density at radius 3 is 2.43 bits per heavy atom. The van der Waals surface area contributed by atoms with E-state index >= 15 is 0 Å². The summed E-state index contributed by atoms with van der Waals surface area (Å²) in [5.74, 6) is -1.81. The molecule has 8 heteroatoms. The van der Waals surface area contributed by atoms with Gasteiger partial charge in [0.1, 0.15) is 12.6 Å². The lowest BCUT2D eigenvalue weighted by atomic mass is 10.0. The minimum absolute atomic E-state index is 0.0273. The van der Waals surface area contributed by atoms with Crippen molar-refractivity contribution in [2.24, 2.45) is 5.92 Å². The number of carbonyl (C=O) groups excluding carboxylic acids is 1. The summed E-state index contributed by atoms with van der Waals surface area (Å²) < 4.78 is 5.36. The molecule has 2 aromatic rings. The highest BCUT2D eigenvalue weighted by molar-refractivity contribution is 5.88. The monoisotopic (exact) mass is 386 g/mol. The third-order valence-corrected chi connectivity index (χ3v) is 4.19. The number of aromatic carboxylic acids is 1. The number of carboxylic acid groups (broad SMARTS) is 1. The number of benzene rings is 2. The largest absolute Gasteiger partial charge is 0.478 e. The van der Waals surface area contributed by atoms with Gasteiger partial charge in [-0.05, 0) is 17.5 Å². The fourth-order valence-electron chi connectivity index (χ4n) is 2.65. The molecule has 0 spiro atoms. The van der Waals surface area contributed by atoms with Crippen LogP contribution in [-0.2, 0) is 22.7 Å². The molecule has 0 radical (unpaired) electrons. The smallest absolute Gasteiger partial charge is 0.335 e. The van der Waals surface area contributed by atoms with E-state index in [2.05, 4.69) is 5.32 Å². The molecule has 0 heterocycles. The lowest BCUT2D eigenvalue weighted by molar-refractivity contribution is -0.385. The van der Waals surface area contributed by atoms with Gasteiger partial charge in [0.2, 0.25) is 0 Å². The first kappa shape index (κ1) is 21.0. The van der Waals surface area contributed by atoms with Crippen LogP contribution in [0.1, 0.15) is 35.3 Å². The summed E-state index contributed by atoms with van der Waals surface area (Å²) in [5, 5.41) is 23.2. The molecule has 28 heavy (non-hydrogen) atoms. The third kappa shape index (κ3) is 5.62. The predicted molar refractivity (Wildman–Crippen MR) is 102 cm³/mol. The molecule has 0 aliphatic rings. The number of carboxylic acids is 1. The van der Waals surface area contributed by atoms with Gasteiger partial charge in [0, 0.05) is 18.2 Å². The van der Waals surface area contributed by atoms with Crippen LogP contribution in [0.3, 0.4) is 0 Å². The maximum Gasteiger partial charge on any atom is 0.335 e. The van der Waals surface area contributed by atoms with E-state index in [9.17, 15) is 19.7 Å². The fraction of sp³-hybridized carbons (Fsp3) is 0.300. The van der Waals surface area contributed by atoms with Gasteiger partial charge in [-0.15, -0.1) is 0 Å². The van der Waals surface area contributed by atoms with Gasteiger partial charge in [0.25, 0.3) is 5.69 Å². The van der Waals surface area contributed by atoms with Crippen molar-refractivity contribution < 1.29 is 24.4 Å².